The van der Waals surface area contributed by atoms with E-state index in [9.17, 15) is 13.2 Å². The first-order valence-corrected chi connectivity index (χ1v) is 8.18. The summed E-state index contributed by atoms with van der Waals surface area (Å²) in [5, 5.41) is 0. The van der Waals surface area contributed by atoms with Crippen LogP contribution in [-0.2, 0) is 6.18 Å². The second kappa shape index (κ2) is 6.00. The molecule has 2 aromatic heterocycles. The molecular weight excluding hydrogens is 343 g/mol. The third-order valence-corrected chi connectivity index (χ3v) is 3.86. The predicted molar refractivity (Wildman–Crippen MR) is 93.3 cm³/mol. The van der Waals surface area contributed by atoms with Crippen molar-refractivity contribution in [1.82, 2.24) is 14.4 Å². The number of halogens is 3. The minimum atomic E-state index is -4.50. The van der Waals surface area contributed by atoms with E-state index in [1.165, 1.54) is 10.6 Å². The Hall–Kier alpha value is -2.57. The Morgan fingerprint density at radius 3 is 2.35 bits per heavy atom. The summed E-state index contributed by atoms with van der Waals surface area (Å²) >= 11 is 0. The largest absolute Gasteiger partial charge is 0.488 e. The SMILES string of the molecule is Cc1cc(OC(C)(C)C)ccc1-c1c(C)ncc2nc(C(F)(F)F)cn12. The summed E-state index contributed by atoms with van der Waals surface area (Å²) in [7, 11) is 0. The van der Waals surface area contributed by atoms with Crippen LogP contribution >= 0.6 is 0 Å². The van der Waals surface area contributed by atoms with Crippen LogP contribution in [0.25, 0.3) is 16.9 Å². The molecule has 0 bridgehead atoms. The number of ether oxygens (including phenoxy) is 1. The highest BCUT2D eigenvalue weighted by atomic mass is 19.4. The predicted octanol–water partition coefficient (Wildman–Crippen LogP) is 5.21. The smallest absolute Gasteiger partial charge is 0.434 e. The van der Waals surface area contributed by atoms with Crippen molar-refractivity contribution in [3.8, 4) is 17.0 Å². The number of aryl methyl sites for hydroxylation is 2. The van der Waals surface area contributed by atoms with Crippen molar-refractivity contribution in [3.63, 3.8) is 0 Å². The summed E-state index contributed by atoms with van der Waals surface area (Å²) in [6.45, 7) is 9.52. The number of hydrogen-bond acceptors (Lipinski definition) is 3. The fourth-order valence-corrected chi connectivity index (χ4v) is 2.83. The lowest BCUT2D eigenvalue weighted by Crippen LogP contribution is -2.22. The highest BCUT2D eigenvalue weighted by Crippen LogP contribution is 2.33. The van der Waals surface area contributed by atoms with Crippen molar-refractivity contribution in [1.29, 1.82) is 0 Å². The molecule has 7 heteroatoms. The van der Waals surface area contributed by atoms with Gasteiger partial charge in [0.15, 0.2) is 11.3 Å². The number of alkyl halides is 3. The van der Waals surface area contributed by atoms with E-state index in [2.05, 4.69) is 9.97 Å². The van der Waals surface area contributed by atoms with E-state index in [0.717, 1.165) is 17.3 Å². The molecule has 0 aliphatic carbocycles. The van der Waals surface area contributed by atoms with Gasteiger partial charge in [-0.05, 0) is 58.4 Å². The van der Waals surface area contributed by atoms with Gasteiger partial charge in [0.2, 0.25) is 0 Å². The minimum absolute atomic E-state index is 0.160. The Kier molecular flexibility index (Phi) is 4.21. The van der Waals surface area contributed by atoms with Crippen molar-refractivity contribution in [2.45, 2.75) is 46.4 Å². The monoisotopic (exact) mass is 363 g/mol. The molecule has 138 valence electrons. The highest BCUT2D eigenvalue weighted by Gasteiger charge is 2.34. The first-order chi connectivity index (χ1) is 12.0. The van der Waals surface area contributed by atoms with Gasteiger partial charge in [-0.15, -0.1) is 0 Å². The van der Waals surface area contributed by atoms with Gasteiger partial charge in [-0.3, -0.25) is 9.38 Å². The van der Waals surface area contributed by atoms with Gasteiger partial charge in [0.25, 0.3) is 0 Å². The third-order valence-electron chi connectivity index (χ3n) is 3.86. The van der Waals surface area contributed by atoms with E-state index in [0.29, 0.717) is 17.1 Å². The van der Waals surface area contributed by atoms with Crippen molar-refractivity contribution in [3.05, 3.63) is 47.5 Å². The average Bonchev–Trinajstić information content (AvgIpc) is 2.91. The minimum Gasteiger partial charge on any atom is -0.488 e. The summed E-state index contributed by atoms with van der Waals surface area (Å²) in [4.78, 5) is 7.88. The molecule has 4 nitrogen and oxygen atoms in total. The molecule has 0 saturated heterocycles. The van der Waals surface area contributed by atoms with Crippen LogP contribution in [0.4, 0.5) is 13.2 Å². The van der Waals surface area contributed by atoms with Gasteiger partial charge in [-0.2, -0.15) is 13.2 Å². The van der Waals surface area contributed by atoms with Gasteiger partial charge in [0.05, 0.1) is 17.6 Å². The molecule has 26 heavy (non-hydrogen) atoms. The summed E-state index contributed by atoms with van der Waals surface area (Å²) in [6.07, 6.45) is -2.14. The molecule has 3 aromatic rings. The number of rotatable bonds is 2. The first kappa shape index (κ1) is 18.2. The summed E-state index contributed by atoms with van der Waals surface area (Å²) < 4.78 is 46.4. The molecule has 0 aliphatic rings. The van der Waals surface area contributed by atoms with Gasteiger partial charge >= 0.3 is 6.18 Å². The molecule has 0 amide bonds. The quantitative estimate of drug-likeness (QED) is 0.627. The van der Waals surface area contributed by atoms with Gasteiger partial charge in [0, 0.05) is 11.8 Å². The van der Waals surface area contributed by atoms with E-state index in [4.69, 9.17) is 4.74 Å². The van der Waals surface area contributed by atoms with E-state index >= 15 is 0 Å². The Balaban J connectivity index is 2.16. The highest BCUT2D eigenvalue weighted by molar-refractivity contribution is 5.69. The lowest BCUT2D eigenvalue weighted by molar-refractivity contribution is -0.140. The average molecular weight is 363 g/mol. The van der Waals surface area contributed by atoms with Gasteiger partial charge in [0.1, 0.15) is 11.4 Å². The molecule has 0 fully saturated rings. The van der Waals surface area contributed by atoms with Crippen LogP contribution in [0.5, 0.6) is 5.75 Å². The number of hydrogen-bond donors (Lipinski definition) is 0. The maximum Gasteiger partial charge on any atom is 0.434 e. The number of imidazole rings is 1. The van der Waals surface area contributed by atoms with Crippen molar-refractivity contribution >= 4 is 5.65 Å². The molecule has 3 rings (SSSR count). The molecular formula is C19H20F3N3O. The summed E-state index contributed by atoms with van der Waals surface area (Å²) in [5.74, 6) is 0.707. The Bertz CT molecular complexity index is 969. The van der Waals surface area contributed by atoms with E-state index in [-0.39, 0.29) is 11.2 Å². The van der Waals surface area contributed by atoms with Gasteiger partial charge < -0.3 is 4.74 Å². The molecule has 2 heterocycles. The molecule has 0 N–H and O–H groups in total. The molecule has 0 aliphatic heterocycles. The van der Waals surface area contributed by atoms with Crippen LogP contribution in [0, 0.1) is 13.8 Å². The van der Waals surface area contributed by atoms with Crippen molar-refractivity contribution < 1.29 is 17.9 Å². The first-order valence-electron chi connectivity index (χ1n) is 8.18. The molecule has 0 saturated carbocycles. The van der Waals surface area contributed by atoms with Gasteiger partial charge in [-0.25, -0.2) is 4.98 Å². The topological polar surface area (TPSA) is 39.4 Å². The molecule has 0 radical (unpaired) electrons. The van der Waals surface area contributed by atoms with Crippen LogP contribution < -0.4 is 4.74 Å². The summed E-state index contributed by atoms with van der Waals surface area (Å²) in [5.41, 5.74) is 1.77. The molecule has 0 unspecified atom stereocenters. The zero-order valence-electron chi connectivity index (χ0n) is 15.3. The second-order valence-electron chi connectivity index (χ2n) is 7.24. The maximum atomic E-state index is 13.0. The van der Waals surface area contributed by atoms with E-state index < -0.39 is 11.9 Å². The van der Waals surface area contributed by atoms with Crippen LogP contribution in [-0.4, -0.2) is 20.0 Å². The zero-order valence-corrected chi connectivity index (χ0v) is 15.3. The molecule has 1 aromatic carbocycles. The third kappa shape index (κ3) is 3.52. The Morgan fingerprint density at radius 1 is 1.08 bits per heavy atom. The summed E-state index contributed by atoms with van der Waals surface area (Å²) in [6, 6.07) is 5.53. The zero-order chi connectivity index (χ0) is 19.3. The normalized spacial score (nSPS) is 12.6. The van der Waals surface area contributed by atoms with Crippen LogP contribution in [0.15, 0.2) is 30.6 Å². The lowest BCUT2D eigenvalue weighted by Gasteiger charge is -2.22. The Labute approximate surface area is 149 Å². The van der Waals surface area contributed by atoms with Gasteiger partial charge in [-0.1, -0.05) is 0 Å². The van der Waals surface area contributed by atoms with E-state index in [1.807, 2.05) is 45.9 Å². The standard InChI is InChI=1S/C19H20F3N3O/c1-11-8-13(26-18(3,4)5)6-7-14(11)17-12(2)23-9-16-24-15(10-25(16)17)19(20,21)22/h6-10H,1-5H3. The van der Waals surface area contributed by atoms with Crippen LogP contribution in [0.3, 0.4) is 0 Å². The van der Waals surface area contributed by atoms with Crippen molar-refractivity contribution in [2.75, 3.05) is 0 Å². The number of aromatic nitrogens is 3. The van der Waals surface area contributed by atoms with Crippen LogP contribution in [0.1, 0.15) is 37.7 Å². The van der Waals surface area contributed by atoms with Crippen LogP contribution in [0.2, 0.25) is 0 Å². The molecule has 0 spiro atoms. The number of benzene rings is 1. The number of fused-ring (bicyclic) bond motifs is 1. The van der Waals surface area contributed by atoms with E-state index in [1.54, 1.807) is 6.92 Å². The fourth-order valence-electron chi connectivity index (χ4n) is 2.83. The lowest BCUT2D eigenvalue weighted by atomic mass is 10.0. The van der Waals surface area contributed by atoms with Crippen molar-refractivity contribution in [2.24, 2.45) is 0 Å². The Morgan fingerprint density at radius 2 is 1.77 bits per heavy atom. The maximum absolute atomic E-state index is 13.0. The molecule has 0 atom stereocenters. The number of nitrogens with zero attached hydrogens (tertiary/aromatic N) is 3. The second-order valence-corrected chi connectivity index (χ2v) is 7.24. The fraction of sp³-hybridized carbons (Fsp3) is 0.368.